The highest BCUT2D eigenvalue weighted by molar-refractivity contribution is 7.89. The van der Waals surface area contributed by atoms with E-state index in [2.05, 4.69) is 0 Å². The minimum absolute atomic E-state index is 0.0630. The minimum atomic E-state index is -3.81. The summed E-state index contributed by atoms with van der Waals surface area (Å²) in [4.78, 5) is 2.05. The Hall–Kier alpha value is -1.31. The normalized spacial score (nSPS) is 19.1. The first-order valence-corrected chi connectivity index (χ1v) is 8.19. The maximum atomic E-state index is 11.7. The van der Waals surface area contributed by atoms with E-state index in [4.69, 9.17) is 10.9 Å². The molecule has 2 rings (SSSR count). The molecular formula is C13H21N3O3S. The van der Waals surface area contributed by atoms with Crippen molar-refractivity contribution in [3.63, 3.8) is 0 Å². The molecule has 1 fully saturated rings. The zero-order valence-electron chi connectivity index (χ0n) is 11.5. The summed E-state index contributed by atoms with van der Waals surface area (Å²) < 4.78 is 23.4. The van der Waals surface area contributed by atoms with Gasteiger partial charge in [0.1, 0.15) is 4.90 Å². The molecule has 0 bridgehead atoms. The van der Waals surface area contributed by atoms with Crippen molar-refractivity contribution in [3.8, 4) is 0 Å². The fourth-order valence-electron chi connectivity index (χ4n) is 2.64. The van der Waals surface area contributed by atoms with Gasteiger partial charge in [0.05, 0.1) is 11.8 Å². The Balaban J connectivity index is 2.27. The van der Waals surface area contributed by atoms with Crippen molar-refractivity contribution in [1.82, 2.24) is 0 Å². The number of rotatable bonds is 3. The Kier molecular flexibility index (Phi) is 4.22. The Morgan fingerprint density at radius 2 is 1.95 bits per heavy atom. The third-order valence-corrected chi connectivity index (χ3v) is 4.79. The second-order valence-corrected chi connectivity index (χ2v) is 6.87. The molecular weight excluding hydrogens is 278 g/mol. The number of nitrogens with zero attached hydrogens (tertiary/aromatic N) is 1. The highest BCUT2D eigenvalue weighted by Crippen LogP contribution is 2.31. The Morgan fingerprint density at radius 3 is 2.45 bits per heavy atom. The zero-order valence-corrected chi connectivity index (χ0v) is 12.3. The SMILES string of the molecule is CC(O)C1CCN(c2ccc(N)cc2S(N)(=O)=O)CC1. The van der Waals surface area contributed by atoms with Crippen LogP contribution in [0.4, 0.5) is 11.4 Å². The summed E-state index contributed by atoms with van der Waals surface area (Å²) >= 11 is 0. The fraction of sp³-hybridized carbons (Fsp3) is 0.538. The van der Waals surface area contributed by atoms with Crippen molar-refractivity contribution in [3.05, 3.63) is 18.2 Å². The number of aliphatic hydroxyl groups excluding tert-OH is 1. The van der Waals surface area contributed by atoms with Gasteiger partial charge in [0.15, 0.2) is 0 Å². The topological polar surface area (TPSA) is 110 Å². The molecule has 1 aromatic carbocycles. The summed E-state index contributed by atoms with van der Waals surface area (Å²) in [6.07, 6.45) is 1.32. The van der Waals surface area contributed by atoms with E-state index in [1.807, 2.05) is 4.90 Å². The first kappa shape index (κ1) is 15.1. The van der Waals surface area contributed by atoms with E-state index < -0.39 is 10.0 Å². The van der Waals surface area contributed by atoms with Gasteiger partial charge in [-0.2, -0.15) is 0 Å². The number of piperidine rings is 1. The quantitative estimate of drug-likeness (QED) is 0.705. The minimum Gasteiger partial charge on any atom is -0.399 e. The van der Waals surface area contributed by atoms with Crippen LogP contribution in [0, 0.1) is 5.92 Å². The van der Waals surface area contributed by atoms with E-state index in [1.54, 1.807) is 19.1 Å². The summed E-state index contributed by atoms with van der Waals surface area (Å²) in [5, 5.41) is 14.9. The van der Waals surface area contributed by atoms with Crippen molar-refractivity contribution in [2.24, 2.45) is 11.1 Å². The van der Waals surface area contributed by atoms with Gasteiger partial charge in [-0.05, 0) is 43.9 Å². The smallest absolute Gasteiger partial charge is 0.240 e. The fourth-order valence-corrected chi connectivity index (χ4v) is 3.43. The van der Waals surface area contributed by atoms with Crippen molar-refractivity contribution < 1.29 is 13.5 Å². The number of anilines is 2. The first-order valence-electron chi connectivity index (χ1n) is 6.64. The molecule has 0 spiro atoms. The van der Waals surface area contributed by atoms with Crippen LogP contribution in [0.15, 0.2) is 23.1 Å². The zero-order chi connectivity index (χ0) is 14.9. The number of primary sulfonamides is 1. The van der Waals surface area contributed by atoms with Gasteiger partial charge < -0.3 is 15.7 Å². The largest absolute Gasteiger partial charge is 0.399 e. The molecule has 1 aliphatic rings. The van der Waals surface area contributed by atoms with Crippen LogP contribution in [-0.2, 0) is 10.0 Å². The van der Waals surface area contributed by atoms with Crippen molar-refractivity contribution in [2.75, 3.05) is 23.7 Å². The standard InChI is InChI=1S/C13H21N3O3S/c1-9(17)10-4-6-16(7-5-10)12-3-2-11(14)8-13(12)20(15,18)19/h2-3,8-10,17H,4-7,14H2,1H3,(H2,15,18,19). The number of sulfonamides is 1. The van der Waals surface area contributed by atoms with Crippen LogP contribution < -0.4 is 15.8 Å². The second kappa shape index (κ2) is 5.59. The number of nitrogen functional groups attached to an aromatic ring is 1. The van der Waals surface area contributed by atoms with Crippen LogP contribution in [-0.4, -0.2) is 32.7 Å². The first-order chi connectivity index (χ1) is 9.29. The van der Waals surface area contributed by atoms with Crippen LogP contribution in [0.2, 0.25) is 0 Å². The maximum absolute atomic E-state index is 11.7. The van der Waals surface area contributed by atoms with Crippen molar-refractivity contribution in [1.29, 1.82) is 0 Å². The lowest BCUT2D eigenvalue weighted by Gasteiger charge is -2.35. The number of hydrogen-bond acceptors (Lipinski definition) is 5. The van der Waals surface area contributed by atoms with E-state index in [0.29, 0.717) is 24.5 Å². The predicted octanol–water partition coefficient (Wildman–Crippen LogP) is 0.513. The Labute approximate surface area is 119 Å². The maximum Gasteiger partial charge on any atom is 0.240 e. The summed E-state index contributed by atoms with van der Waals surface area (Å²) in [7, 11) is -3.81. The monoisotopic (exact) mass is 299 g/mol. The molecule has 1 aliphatic heterocycles. The van der Waals surface area contributed by atoms with E-state index in [-0.39, 0.29) is 16.9 Å². The van der Waals surface area contributed by atoms with Gasteiger partial charge in [0.2, 0.25) is 10.0 Å². The van der Waals surface area contributed by atoms with Crippen LogP contribution in [0.3, 0.4) is 0 Å². The molecule has 5 N–H and O–H groups in total. The lowest BCUT2D eigenvalue weighted by Crippen LogP contribution is -2.38. The van der Waals surface area contributed by atoms with Crippen LogP contribution >= 0.6 is 0 Å². The molecule has 7 heteroatoms. The lowest BCUT2D eigenvalue weighted by atomic mass is 9.92. The van der Waals surface area contributed by atoms with E-state index in [9.17, 15) is 13.5 Å². The second-order valence-electron chi connectivity index (χ2n) is 5.34. The summed E-state index contributed by atoms with van der Waals surface area (Å²) in [6, 6.07) is 4.76. The molecule has 1 saturated heterocycles. The molecule has 6 nitrogen and oxygen atoms in total. The van der Waals surface area contributed by atoms with Gasteiger partial charge in [-0.25, -0.2) is 13.6 Å². The summed E-state index contributed by atoms with van der Waals surface area (Å²) in [5.74, 6) is 0.262. The van der Waals surface area contributed by atoms with Gasteiger partial charge in [0, 0.05) is 18.8 Å². The van der Waals surface area contributed by atoms with Crippen LogP contribution in [0.5, 0.6) is 0 Å². The number of hydrogen-bond donors (Lipinski definition) is 3. The molecule has 20 heavy (non-hydrogen) atoms. The van der Waals surface area contributed by atoms with Gasteiger partial charge in [-0.3, -0.25) is 0 Å². The van der Waals surface area contributed by atoms with E-state index >= 15 is 0 Å². The number of nitrogens with two attached hydrogens (primary N) is 2. The average Bonchev–Trinajstić information content (AvgIpc) is 2.38. The van der Waals surface area contributed by atoms with E-state index in [1.165, 1.54) is 6.07 Å². The summed E-state index contributed by atoms with van der Waals surface area (Å²) in [6.45, 7) is 3.18. The van der Waals surface area contributed by atoms with Gasteiger partial charge in [-0.15, -0.1) is 0 Å². The molecule has 0 saturated carbocycles. The molecule has 1 aromatic rings. The molecule has 0 aliphatic carbocycles. The molecule has 1 atom stereocenters. The van der Waals surface area contributed by atoms with E-state index in [0.717, 1.165) is 12.8 Å². The third kappa shape index (κ3) is 3.23. The molecule has 0 radical (unpaired) electrons. The van der Waals surface area contributed by atoms with Crippen LogP contribution in [0.1, 0.15) is 19.8 Å². The van der Waals surface area contributed by atoms with Crippen LogP contribution in [0.25, 0.3) is 0 Å². The molecule has 1 unspecified atom stereocenters. The lowest BCUT2D eigenvalue weighted by molar-refractivity contribution is 0.110. The third-order valence-electron chi connectivity index (χ3n) is 3.85. The molecule has 112 valence electrons. The summed E-state index contributed by atoms with van der Waals surface area (Å²) in [5.41, 5.74) is 6.60. The molecule has 0 amide bonds. The highest BCUT2D eigenvalue weighted by Gasteiger charge is 2.26. The molecule has 0 aromatic heterocycles. The molecule has 1 heterocycles. The van der Waals surface area contributed by atoms with Gasteiger partial charge >= 0.3 is 0 Å². The highest BCUT2D eigenvalue weighted by atomic mass is 32.2. The Morgan fingerprint density at radius 1 is 1.35 bits per heavy atom. The van der Waals surface area contributed by atoms with Crippen molar-refractivity contribution in [2.45, 2.75) is 30.8 Å². The van der Waals surface area contributed by atoms with Crippen molar-refractivity contribution >= 4 is 21.4 Å². The van der Waals surface area contributed by atoms with Gasteiger partial charge in [0.25, 0.3) is 0 Å². The number of aliphatic hydroxyl groups is 1. The van der Waals surface area contributed by atoms with Gasteiger partial charge in [-0.1, -0.05) is 0 Å². The number of benzene rings is 1. The predicted molar refractivity (Wildman–Crippen MR) is 78.8 cm³/mol. The Bertz CT molecular complexity index is 579. The average molecular weight is 299 g/mol.